The van der Waals surface area contributed by atoms with E-state index in [2.05, 4.69) is 32.1 Å². The second-order valence-corrected chi connectivity index (χ2v) is 5.77. The van der Waals surface area contributed by atoms with Crippen molar-refractivity contribution in [1.82, 2.24) is 19.9 Å². The predicted octanol–water partition coefficient (Wildman–Crippen LogP) is 3.22. The minimum atomic E-state index is 0.702. The van der Waals surface area contributed by atoms with Crippen LogP contribution >= 0.6 is 11.8 Å². The molecular formula is C15H16N4OS. The quantitative estimate of drug-likeness (QED) is 0.677. The third kappa shape index (κ3) is 3.33. The van der Waals surface area contributed by atoms with E-state index in [-0.39, 0.29) is 0 Å². The van der Waals surface area contributed by atoms with Gasteiger partial charge in [-0.2, -0.15) is 0 Å². The monoisotopic (exact) mass is 300 g/mol. The van der Waals surface area contributed by atoms with Crippen LogP contribution in [0.15, 0.2) is 46.1 Å². The number of thioether (sulfide) groups is 1. The fraction of sp³-hybridized carbons (Fsp3) is 0.267. The molecule has 0 fully saturated rings. The van der Waals surface area contributed by atoms with Crippen LogP contribution in [0.5, 0.6) is 0 Å². The zero-order chi connectivity index (χ0) is 14.7. The predicted molar refractivity (Wildman–Crippen MR) is 81.1 cm³/mol. The van der Waals surface area contributed by atoms with Gasteiger partial charge in [0.1, 0.15) is 11.6 Å². The van der Waals surface area contributed by atoms with E-state index >= 15 is 0 Å². The average molecular weight is 300 g/mol. The first-order chi connectivity index (χ1) is 10.2. The topological polar surface area (TPSA) is 56.7 Å². The van der Waals surface area contributed by atoms with E-state index in [1.807, 2.05) is 38.1 Å². The van der Waals surface area contributed by atoms with Crippen LogP contribution in [0.1, 0.15) is 22.8 Å². The van der Waals surface area contributed by atoms with E-state index in [4.69, 9.17) is 4.52 Å². The van der Waals surface area contributed by atoms with Crippen LogP contribution in [0, 0.1) is 13.8 Å². The largest absolute Gasteiger partial charge is 0.360 e. The number of aromatic nitrogens is 4. The summed E-state index contributed by atoms with van der Waals surface area (Å²) in [5, 5.41) is 13.2. The molecule has 0 bridgehead atoms. The summed E-state index contributed by atoms with van der Waals surface area (Å²) in [7, 11) is 0. The standard InChI is InChI=1S/C15H16N4OS/c1-11-8-14(20-18-11)10-21-15-17-16-12(2)19(15)9-13-6-4-3-5-7-13/h3-8H,9-10H2,1-2H3. The number of nitrogens with zero attached hydrogens (tertiary/aromatic N) is 4. The first-order valence-corrected chi connectivity index (χ1v) is 7.69. The van der Waals surface area contributed by atoms with Gasteiger partial charge in [0.15, 0.2) is 5.16 Å². The lowest BCUT2D eigenvalue weighted by molar-refractivity contribution is 0.391. The van der Waals surface area contributed by atoms with Crippen LogP contribution in [-0.4, -0.2) is 19.9 Å². The molecule has 108 valence electrons. The summed E-state index contributed by atoms with van der Waals surface area (Å²) >= 11 is 1.61. The van der Waals surface area contributed by atoms with E-state index in [1.165, 1.54) is 5.56 Å². The van der Waals surface area contributed by atoms with Crippen molar-refractivity contribution in [3.8, 4) is 0 Å². The highest BCUT2D eigenvalue weighted by atomic mass is 32.2. The summed E-state index contributed by atoms with van der Waals surface area (Å²) in [6, 6.07) is 12.3. The Bertz CT molecular complexity index is 720. The molecule has 3 aromatic rings. The maximum atomic E-state index is 5.22. The molecule has 5 nitrogen and oxygen atoms in total. The van der Waals surface area contributed by atoms with E-state index in [1.54, 1.807) is 11.8 Å². The molecule has 0 atom stereocenters. The Morgan fingerprint density at radius 3 is 2.67 bits per heavy atom. The Labute approximate surface area is 127 Å². The molecule has 0 spiro atoms. The minimum absolute atomic E-state index is 0.702. The van der Waals surface area contributed by atoms with Gasteiger partial charge in [-0.3, -0.25) is 0 Å². The Kier molecular flexibility index (Phi) is 4.06. The highest BCUT2D eigenvalue weighted by Gasteiger charge is 2.11. The molecule has 2 heterocycles. The molecule has 0 radical (unpaired) electrons. The summed E-state index contributed by atoms with van der Waals surface area (Å²) in [5.41, 5.74) is 2.13. The van der Waals surface area contributed by atoms with Crippen LogP contribution in [0.3, 0.4) is 0 Å². The summed E-state index contributed by atoms with van der Waals surface area (Å²) in [5.74, 6) is 2.47. The molecule has 2 aromatic heterocycles. The Morgan fingerprint density at radius 1 is 1.14 bits per heavy atom. The van der Waals surface area contributed by atoms with Crippen molar-refractivity contribution in [2.75, 3.05) is 0 Å². The van der Waals surface area contributed by atoms with Crippen molar-refractivity contribution in [3.63, 3.8) is 0 Å². The second-order valence-electron chi connectivity index (χ2n) is 4.82. The van der Waals surface area contributed by atoms with Gasteiger partial charge in [0.2, 0.25) is 0 Å². The van der Waals surface area contributed by atoms with Crippen molar-refractivity contribution >= 4 is 11.8 Å². The first kappa shape index (κ1) is 13.9. The van der Waals surface area contributed by atoms with Crippen molar-refractivity contribution in [2.45, 2.75) is 31.3 Å². The lowest BCUT2D eigenvalue weighted by atomic mass is 10.2. The summed E-state index contributed by atoms with van der Waals surface area (Å²) < 4.78 is 7.34. The molecule has 0 saturated heterocycles. The van der Waals surface area contributed by atoms with Crippen molar-refractivity contribution in [1.29, 1.82) is 0 Å². The maximum Gasteiger partial charge on any atom is 0.191 e. The van der Waals surface area contributed by atoms with Gasteiger partial charge in [-0.05, 0) is 19.4 Å². The highest BCUT2D eigenvalue weighted by molar-refractivity contribution is 7.98. The van der Waals surface area contributed by atoms with E-state index < -0.39 is 0 Å². The van der Waals surface area contributed by atoms with E-state index in [9.17, 15) is 0 Å². The number of rotatable bonds is 5. The molecule has 0 N–H and O–H groups in total. The number of benzene rings is 1. The van der Waals surface area contributed by atoms with Crippen LogP contribution in [-0.2, 0) is 12.3 Å². The van der Waals surface area contributed by atoms with Gasteiger partial charge >= 0.3 is 0 Å². The van der Waals surface area contributed by atoms with E-state index in [0.717, 1.165) is 29.0 Å². The number of hydrogen-bond donors (Lipinski definition) is 0. The van der Waals surface area contributed by atoms with Crippen LogP contribution in [0.25, 0.3) is 0 Å². The zero-order valence-electron chi connectivity index (χ0n) is 12.0. The van der Waals surface area contributed by atoms with Crippen LogP contribution < -0.4 is 0 Å². The Morgan fingerprint density at radius 2 is 1.95 bits per heavy atom. The molecule has 0 aliphatic carbocycles. The molecule has 3 rings (SSSR count). The molecular weight excluding hydrogens is 284 g/mol. The number of hydrogen-bond acceptors (Lipinski definition) is 5. The smallest absolute Gasteiger partial charge is 0.191 e. The van der Waals surface area contributed by atoms with Gasteiger partial charge in [0, 0.05) is 6.07 Å². The summed E-state index contributed by atoms with van der Waals surface area (Å²) in [6.07, 6.45) is 0. The third-order valence-electron chi connectivity index (χ3n) is 3.11. The molecule has 21 heavy (non-hydrogen) atoms. The van der Waals surface area contributed by atoms with E-state index in [0.29, 0.717) is 5.75 Å². The Hall–Kier alpha value is -2.08. The zero-order valence-corrected chi connectivity index (χ0v) is 12.8. The first-order valence-electron chi connectivity index (χ1n) is 6.71. The highest BCUT2D eigenvalue weighted by Crippen LogP contribution is 2.23. The van der Waals surface area contributed by atoms with Crippen LogP contribution in [0.4, 0.5) is 0 Å². The SMILES string of the molecule is Cc1cc(CSc2nnc(C)n2Cc2ccccc2)on1. The van der Waals surface area contributed by atoms with Gasteiger partial charge in [0.05, 0.1) is 18.0 Å². The van der Waals surface area contributed by atoms with Gasteiger partial charge in [-0.1, -0.05) is 47.3 Å². The second kappa shape index (κ2) is 6.13. The molecule has 0 saturated carbocycles. The fourth-order valence-electron chi connectivity index (χ4n) is 2.04. The van der Waals surface area contributed by atoms with Gasteiger partial charge in [-0.15, -0.1) is 10.2 Å². The van der Waals surface area contributed by atoms with Gasteiger partial charge < -0.3 is 9.09 Å². The van der Waals surface area contributed by atoms with Gasteiger partial charge in [-0.25, -0.2) is 0 Å². The number of aryl methyl sites for hydroxylation is 2. The molecule has 0 unspecified atom stereocenters. The fourth-order valence-corrected chi connectivity index (χ4v) is 2.89. The molecule has 1 aromatic carbocycles. The normalized spacial score (nSPS) is 11.0. The Balaban J connectivity index is 1.74. The molecule has 0 aliphatic heterocycles. The molecule has 6 heteroatoms. The van der Waals surface area contributed by atoms with Crippen LogP contribution in [0.2, 0.25) is 0 Å². The van der Waals surface area contributed by atoms with Crippen molar-refractivity contribution < 1.29 is 4.52 Å². The van der Waals surface area contributed by atoms with Gasteiger partial charge in [0.25, 0.3) is 0 Å². The average Bonchev–Trinajstić information content (AvgIpc) is 3.06. The summed E-state index contributed by atoms with van der Waals surface area (Å²) in [4.78, 5) is 0. The lowest BCUT2D eigenvalue weighted by Gasteiger charge is -2.07. The molecule has 0 aliphatic rings. The third-order valence-corrected chi connectivity index (χ3v) is 4.09. The maximum absolute atomic E-state index is 5.22. The lowest BCUT2D eigenvalue weighted by Crippen LogP contribution is -2.03. The summed E-state index contributed by atoms with van der Waals surface area (Å²) in [6.45, 7) is 4.66. The van der Waals surface area contributed by atoms with Crippen molar-refractivity contribution in [2.24, 2.45) is 0 Å². The minimum Gasteiger partial charge on any atom is -0.360 e. The molecule has 0 amide bonds. The van der Waals surface area contributed by atoms with Crippen molar-refractivity contribution in [3.05, 3.63) is 59.2 Å².